The maximum atomic E-state index is 12.1. The van der Waals surface area contributed by atoms with Crippen LogP contribution in [0.4, 0.5) is 13.2 Å². The molecule has 1 rings (SSSR count). The molecule has 0 aliphatic heterocycles. The maximum Gasteiger partial charge on any atom is 0.573 e. The molecule has 0 spiro atoms. The van der Waals surface area contributed by atoms with Crippen molar-refractivity contribution < 1.29 is 17.9 Å². The summed E-state index contributed by atoms with van der Waals surface area (Å²) in [5, 5.41) is 0. The zero-order valence-electron chi connectivity index (χ0n) is 8.15. The van der Waals surface area contributed by atoms with Gasteiger partial charge in [0, 0.05) is 9.45 Å². The van der Waals surface area contributed by atoms with Crippen LogP contribution in [-0.4, -0.2) is 12.2 Å². The van der Waals surface area contributed by atoms with Crippen molar-refractivity contribution in [1.82, 2.24) is 0 Å². The fourth-order valence-corrected chi connectivity index (χ4v) is 1.81. The molecular formula is C10H9ClF3IO. The molecule has 0 saturated carbocycles. The fraction of sp³-hybridized carbons (Fsp3) is 0.400. The van der Waals surface area contributed by atoms with Crippen molar-refractivity contribution in [1.29, 1.82) is 0 Å². The quantitative estimate of drug-likeness (QED) is 0.570. The first kappa shape index (κ1) is 13.9. The minimum atomic E-state index is -4.65. The Labute approximate surface area is 110 Å². The number of ether oxygens (including phenoxy) is 1. The number of hydrogen-bond acceptors (Lipinski definition) is 1. The van der Waals surface area contributed by atoms with Crippen molar-refractivity contribution in [3.05, 3.63) is 27.3 Å². The predicted octanol–water partition coefficient (Wildman–Crippen LogP) is 4.36. The summed E-state index contributed by atoms with van der Waals surface area (Å²) in [5.41, 5.74) is 0.526. The molecule has 90 valence electrons. The van der Waals surface area contributed by atoms with Crippen molar-refractivity contribution in [2.75, 3.05) is 5.88 Å². The lowest BCUT2D eigenvalue weighted by molar-refractivity contribution is -0.274. The number of benzene rings is 1. The Hall–Kier alpha value is -0.170. The molecule has 1 aromatic carbocycles. The van der Waals surface area contributed by atoms with E-state index in [1.165, 1.54) is 6.07 Å². The summed E-state index contributed by atoms with van der Waals surface area (Å²) in [6, 6.07) is 4.75. The normalized spacial score (nSPS) is 11.6. The molecule has 1 aromatic rings. The van der Waals surface area contributed by atoms with Crippen LogP contribution >= 0.6 is 34.2 Å². The Bertz CT molecular complexity index is 354. The summed E-state index contributed by atoms with van der Waals surface area (Å²) < 4.78 is 41.0. The van der Waals surface area contributed by atoms with Crippen LogP contribution in [0.3, 0.4) is 0 Å². The number of alkyl halides is 4. The highest BCUT2D eigenvalue weighted by Gasteiger charge is 2.32. The summed E-state index contributed by atoms with van der Waals surface area (Å²) in [7, 11) is 0. The van der Waals surface area contributed by atoms with E-state index >= 15 is 0 Å². The van der Waals surface area contributed by atoms with E-state index in [4.69, 9.17) is 11.6 Å². The van der Waals surface area contributed by atoms with Gasteiger partial charge in [-0.15, -0.1) is 24.8 Å². The van der Waals surface area contributed by atoms with Crippen molar-refractivity contribution in [3.63, 3.8) is 0 Å². The standard InChI is InChI=1S/C10H9ClF3IO/c11-5-1-2-7-3-4-8(15)6-9(7)16-10(12,13)14/h3-4,6H,1-2,5H2. The molecule has 0 aliphatic rings. The average molecular weight is 365 g/mol. The summed E-state index contributed by atoms with van der Waals surface area (Å²) in [6.07, 6.45) is -3.55. The van der Waals surface area contributed by atoms with Gasteiger partial charge in [-0.05, 0) is 53.1 Å². The molecular weight excluding hydrogens is 355 g/mol. The van der Waals surface area contributed by atoms with Crippen LogP contribution in [0.1, 0.15) is 12.0 Å². The number of halogens is 5. The van der Waals surface area contributed by atoms with Crippen molar-refractivity contribution in [3.8, 4) is 5.75 Å². The fourth-order valence-electron chi connectivity index (χ4n) is 1.21. The summed E-state index contributed by atoms with van der Waals surface area (Å²) in [4.78, 5) is 0. The zero-order valence-corrected chi connectivity index (χ0v) is 11.1. The molecule has 0 N–H and O–H groups in total. The van der Waals surface area contributed by atoms with E-state index in [0.717, 1.165) is 0 Å². The Kier molecular flexibility index (Phi) is 5.17. The van der Waals surface area contributed by atoms with Crippen LogP contribution < -0.4 is 4.74 Å². The van der Waals surface area contributed by atoms with E-state index < -0.39 is 6.36 Å². The second kappa shape index (κ2) is 5.95. The van der Waals surface area contributed by atoms with Crippen LogP contribution in [0, 0.1) is 3.57 Å². The van der Waals surface area contributed by atoms with Crippen LogP contribution in [0.5, 0.6) is 5.75 Å². The van der Waals surface area contributed by atoms with Crippen molar-refractivity contribution in [2.45, 2.75) is 19.2 Å². The van der Waals surface area contributed by atoms with Crippen LogP contribution in [0.2, 0.25) is 0 Å². The zero-order chi connectivity index (χ0) is 12.2. The summed E-state index contributed by atoms with van der Waals surface area (Å²) >= 11 is 7.44. The second-order valence-corrected chi connectivity index (χ2v) is 4.72. The first-order valence-electron chi connectivity index (χ1n) is 4.52. The highest BCUT2D eigenvalue weighted by molar-refractivity contribution is 14.1. The summed E-state index contributed by atoms with van der Waals surface area (Å²) in [5.74, 6) is 0.279. The molecule has 0 aromatic heterocycles. The predicted molar refractivity (Wildman–Crippen MR) is 64.9 cm³/mol. The molecule has 0 unspecified atom stereocenters. The summed E-state index contributed by atoms with van der Waals surface area (Å²) in [6.45, 7) is 0. The Balaban J connectivity index is 2.89. The third-order valence-electron chi connectivity index (χ3n) is 1.83. The molecule has 0 heterocycles. The van der Waals surface area contributed by atoms with E-state index in [0.29, 0.717) is 27.9 Å². The van der Waals surface area contributed by atoms with Crippen molar-refractivity contribution in [2.24, 2.45) is 0 Å². The molecule has 1 nitrogen and oxygen atoms in total. The Morgan fingerprint density at radius 1 is 1.31 bits per heavy atom. The highest BCUT2D eigenvalue weighted by atomic mass is 127. The molecule has 16 heavy (non-hydrogen) atoms. The first-order valence-corrected chi connectivity index (χ1v) is 6.14. The minimum absolute atomic E-state index is 0.135. The molecule has 0 atom stereocenters. The SMILES string of the molecule is FC(F)(F)Oc1cc(I)ccc1CCCCl. The van der Waals surface area contributed by atoms with Crippen LogP contribution in [0.25, 0.3) is 0 Å². The lowest BCUT2D eigenvalue weighted by atomic mass is 10.1. The van der Waals surface area contributed by atoms with Gasteiger partial charge in [-0.25, -0.2) is 0 Å². The van der Waals surface area contributed by atoms with E-state index in [9.17, 15) is 13.2 Å². The molecule has 0 fully saturated rings. The molecule has 0 saturated heterocycles. The average Bonchev–Trinajstić information content (AvgIpc) is 2.14. The second-order valence-electron chi connectivity index (χ2n) is 3.09. The highest BCUT2D eigenvalue weighted by Crippen LogP contribution is 2.28. The van der Waals surface area contributed by atoms with Gasteiger partial charge in [0.1, 0.15) is 5.75 Å². The van der Waals surface area contributed by atoms with E-state index in [1.54, 1.807) is 12.1 Å². The third kappa shape index (κ3) is 4.78. The van der Waals surface area contributed by atoms with E-state index in [-0.39, 0.29) is 5.75 Å². The first-order chi connectivity index (χ1) is 7.42. The van der Waals surface area contributed by atoms with Gasteiger partial charge in [0.25, 0.3) is 0 Å². The number of rotatable bonds is 4. The van der Waals surface area contributed by atoms with Gasteiger partial charge in [0.2, 0.25) is 0 Å². The lowest BCUT2D eigenvalue weighted by Crippen LogP contribution is -2.18. The van der Waals surface area contributed by atoms with Crippen LogP contribution in [-0.2, 0) is 6.42 Å². The number of hydrogen-bond donors (Lipinski definition) is 0. The van der Waals surface area contributed by atoms with E-state index in [1.807, 2.05) is 22.6 Å². The van der Waals surface area contributed by atoms with Gasteiger partial charge >= 0.3 is 6.36 Å². The molecule has 0 amide bonds. The number of aryl methyl sites for hydroxylation is 1. The van der Waals surface area contributed by atoms with Gasteiger partial charge in [-0.1, -0.05) is 6.07 Å². The molecule has 6 heteroatoms. The third-order valence-corrected chi connectivity index (χ3v) is 2.77. The van der Waals surface area contributed by atoms with Gasteiger partial charge in [-0.3, -0.25) is 0 Å². The van der Waals surface area contributed by atoms with Gasteiger partial charge < -0.3 is 4.74 Å². The Morgan fingerprint density at radius 2 is 2.00 bits per heavy atom. The monoisotopic (exact) mass is 364 g/mol. The minimum Gasteiger partial charge on any atom is -0.405 e. The topological polar surface area (TPSA) is 9.23 Å². The largest absolute Gasteiger partial charge is 0.573 e. The van der Waals surface area contributed by atoms with Crippen molar-refractivity contribution >= 4 is 34.2 Å². The Morgan fingerprint density at radius 3 is 2.56 bits per heavy atom. The maximum absolute atomic E-state index is 12.1. The van der Waals surface area contributed by atoms with Gasteiger partial charge in [0.15, 0.2) is 0 Å². The smallest absolute Gasteiger partial charge is 0.405 e. The van der Waals surface area contributed by atoms with Crippen LogP contribution in [0.15, 0.2) is 18.2 Å². The molecule has 0 radical (unpaired) electrons. The lowest BCUT2D eigenvalue weighted by Gasteiger charge is -2.13. The van der Waals surface area contributed by atoms with Gasteiger partial charge in [0.05, 0.1) is 0 Å². The molecule has 0 bridgehead atoms. The van der Waals surface area contributed by atoms with Gasteiger partial charge in [-0.2, -0.15) is 0 Å². The molecule has 0 aliphatic carbocycles. The van der Waals surface area contributed by atoms with E-state index in [2.05, 4.69) is 4.74 Å².